The van der Waals surface area contributed by atoms with Crippen molar-refractivity contribution in [3.63, 3.8) is 0 Å². The molecule has 1 saturated heterocycles. The summed E-state index contributed by atoms with van der Waals surface area (Å²) in [5.41, 5.74) is 2.37. The summed E-state index contributed by atoms with van der Waals surface area (Å²) in [6.07, 6.45) is 11.5. The lowest BCUT2D eigenvalue weighted by molar-refractivity contribution is -0.210. The molecular formula is C27H31NO2. The van der Waals surface area contributed by atoms with Crippen LogP contribution in [0.3, 0.4) is 0 Å². The molecule has 3 heteroatoms. The standard InChI is InChI=1S/C27H31NO2/c1-3-9-22(10-4-1)14-15-24-21-25(23-11-5-2-6-12-23)26-13-7-8-16-27(26,30-24)28-17-19-29-20-18-28/h1-6,9-12,14-15,21,25-26H,7-8,13,16-20H2/b15-14+/t25-,26-,27-/m0/s1. The van der Waals surface area contributed by atoms with Gasteiger partial charge < -0.3 is 9.47 Å². The molecule has 2 aromatic rings. The predicted molar refractivity (Wildman–Crippen MR) is 121 cm³/mol. The Labute approximate surface area is 180 Å². The second kappa shape index (κ2) is 8.79. The quantitative estimate of drug-likeness (QED) is 0.664. The largest absolute Gasteiger partial charge is 0.473 e. The number of allylic oxidation sites excluding steroid dienone is 2. The summed E-state index contributed by atoms with van der Waals surface area (Å²) < 4.78 is 12.6. The van der Waals surface area contributed by atoms with Crippen molar-refractivity contribution in [3.05, 3.63) is 89.7 Å². The van der Waals surface area contributed by atoms with Gasteiger partial charge in [-0.1, -0.05) is 73.2 Å². The molecule has 2 aliphatic heterocycles. The van der Waals surface area contributed by atoms with Gasteiger partial charge in [-0.15, -0.1) is 0 Å². The average Bonchev–Trinajstić information content (AvgIpc) is 2.84. The highest BCUT2D eigenvalue weighted by molar-refractivity contribution is 5.52. The van der Waals surface area contributed by atoms with E-state index < -0.39 is 0 Å². The van der Waals surface area contributed by atoms with Crippen molar-refractivity contribution in [1.82, 2.24) is 4.90 Å². The first kappa shape index (κ1) is 19.6. The maximum absolute atomic E-state index is 6.94. The molecular weight excluding hydrogens is 370 g/mol. The molecule has 0 spiro atoms. The Kier molecular flexibility index (Phi) is 5.74. The highest BCUT2D eigenvalue weighted by Gasteiger charge is 2.53. The zero-order valence-corrected chi connectivity index (χ0v) is 17.6. The van der Waals surface area contributed by atoms with Gasteiger partial charge in [0.15, 0.2) is 5.72 Å². The first-order chi connectivity index (χ1) is 14.9. The fourth-order valence-corrected chi connectivity index (χ4v) is 5.51. The van der Waals surface area contributed by atoms with E-state index in [9.17, 15) is 0 Å². The van der Waals surface area contributed by atoms with Crippen molar-refractivity contribution in [2.75, 3.05) is 26.3 Å². The van der Waals surface area contributed by atoms with Crippen LogP contribution >= 0.6 is 0 Å². The minimum atomic E-state index is -0.229. The van der Waals surface area contributed by atoms with E-state index in [-0.39, 0.29) is 5.72 Å². The summed E-state index contributed by atoms with van der Waals surface area (Å²) >= 11 is 0. The van der Waals surface area contributed by atoms with Gasteiger partial charge in [-0.25, -0.2) is 0 Å². The molecule has 3 atom stereocenters. The normalized spacial score (nSPS) is 29.8. The van der Waals surface area contributed by atoms with Gasteiger partial charge >= 0.3 is 0 Å². The highest BCUT2D eigenvalue weighted by atomic mass is 16.5. The monoisotopic (exact) mass is 401 g/mol. The fraction of sp³-hybridized carbons (Fsp3) is 0.407. The first-order valence-electron chi connectivity index (χ1n) is 11.4. The molecule has 3 nitrogen and oxygen atoms in total. The lowest BCUT2D eigenvalue weighted by Crippen LogP contribution is -2.62. The Morgan fingerprint density at radius 3 is 2.37 bits per heavy atom. The van der Waals surface area contributed by atoms with Crippen LogP contribution in [-0.4, -0.2) is 36.9 Å². The van der Waals surface area contributed by atoms with Crippen LogP contribution in [0, 0.1) is 5.92 Å². The Morgan fingerprint density at radius 2 is 1.60 bits per heavy atom. The highest BCUT2D eigenvalue weighted by Crippen LogP contribution is 2.51. The van der Waals surface area contributed by atoms with Crippen LogP contribution in [-0.2, 0) is 9.47 Å². The summed E-state index contributed by atoms with van der Waals surface area (Å²) in [4.78, 5) is 2.58. The van der Waals surface area contributed by atoms with Crippen LogP contribution < -0.4 is 0 Å². The second-order valence-electron chi connectivity index (χ2n) is 8.65. The maximum atomic E-state index is 6.94. The Balaban J connectivity index is 1.54. The van der Waals surface area contributed by atoms with E-state index >= 15 is 0 Å². The number of nitrogens with zero attached hydrogens (tertiary/aromatic N) is 1. The number of fused-ring (bicyclic) bond motifs is 1. The third-order valence-electron chi connectivity index (χ3n) is 6.92. The zero-order chi connectivity index (χ0) is 20.2. The number of hydrogen-bond acceptors (Lipinski definition) is 3. The SMILES string of the molecule is C1=C(/C=C/c2ccccc2)O[C@@]2(N3CCOCC3)CCCC[C@H]2[C@@H]1c1ccccc1. The molecule has 2 fully saturated rings. The molecule has 0 aromatic heterocycles. The van der Waals surface area contributed by atoms with Crippen LogP contribution in [0.2, 0.25) is 0 Å². The lowest BCUT2D eigenvalue weighted by Gasteiger charge is -2.55. The smallest absolute Gasteiger partial charge is 0.167 e. The summed E-state index contributed by atoms with van der Waals surface area (Å²) in [5, 5.41) is 0. The molecule has 0 amide bonds. The molecule has 5 rings (SSSR count). The van der Waals surface area contributed by atoms with Crippen LogP contribution in [0.4, 0.5) is 0 Å². The van der Waals surface area contributed by atoms with Crippen LogP contribution in [0.25, 0.3) is 6.08 Å². The maximum Gasteiger partial charge on any atom is 0.167 e. The van der Waals surface area contributed by atoms with Crippen molar-refractivity contribution >= 4 is 6.08 Å². The first-order valence-corrected chi connectivity index (χ1v) is 11.4. The van der Waals surface area contributed by atoms with Gasteiger partial charge in [-0.3, -0.25) is 4.90 Å². The van der Waals surface area contributed by atoms with Gasteiger partial charge in [0.05, 0.1) is 13.2 Å². The van der Waals surface area contributed by atoms with E-state index in [1.165, 1.54) is 30.4 Å². The van der Waals surface area contributed by atoms with Gasteiger partial charge in [0.2, 0.25) is 0 Å². The molecule has 1 aliphatic carbocycles. The topological polar surface area (TPSA) is 21.7 Å². The second-order valence-corrected chi connectivity index (χ2v) is 8.65. The molecule has 1 saturated carbocycles. The number of hydrogen-bond donors (Lipinski definition) is 0. The Morgan fingerprint density at radius 1 is 0.867 bits per heavy atom. The molecule has 2 aromatic carbocycles. The Hall–Kier alpha value is -2.36. The van der Waals surface area contributed by atoms with E-state index in [1.807, 2.05) is 0 Å². The summed E-state index contributed by atoms with van der Waals surface area (Å²) in [6, 6.07) is 21.5. The van der Waals surface area contributed by atoms with Gasteiger partial charge in [0.25, 0.3) is 0 Å². The minimum Gasteiger partial charge on any atom is -0.473 e. The van der Waals surface area contributed by atoms with Crippen molar-refractivity contribution in [1.29, 1.82) is 0 Å². The molecule has 0 radical (unpaired) electrons. The van der Waals surface area contributed by atoms with Crippen molar-refractivity contribution in [2.24, 2.45) is 5.92 Å². The van der Waals surface area contributed by atoms with E-state index in [1.54, 1.807) is 0 Å². The van der Waals surface area contributed by atoms with E-state index in [0.717, 1.165) is 38.5 Å². The summed E-state index contributed by atoms with van der Waals surface area (Å²) in [5.74, 6) is 1.84. The van der Waals surface area contributed by atoms with Crippen molar-refractivity contribution in [3.8, 4) is 0 Å². The van der Waals surface area contributed by atoms with Gasteiger partial charge in [0.1, 0.15) is 5.76 Å². The van der Waals surface area contributed by atoms with Crippen molar-refractivity contribution < 1.29 is 9.47 Å². The van der Waals surface area contributed by atoms with Gasteiger partial charge in [-0.2, -0.15) is 0 Å². The Bertz CT molecular complexity index is 886. The molecule has 0 bridgehead atoms. The third-order valence-corrected chi connectivity index (χ3v) is 6.92. The molecule has 2 heterocycles. The molecule has 156 valence electrons. The average molecular weight is 402 g/mol. The fourth-order valence-electron chi connectivity index (χ4n) is 5.51. The van der Waals surface area contributed by atoms with Crippen LogP contribution in [0.5, 0.6) is 0 Å². The van der Waals surface area contributed by atoms with E-state index in [0.29, 0.717) is 11.8 Å². The summed E-state index contributed by atoms with van der Waals surface area (Å²) in [6.45, 7) is 3.50. The predicted octanol–water partition coefficient (Wildman–Crippen LogP) is 5.62. The summed E-state index contributed by atoms with van der Waals surface area (Å²) in [7, 11) is 0. The van der Waals surface area contributed by atoms with E-state index in [2.05, 4.69) is 83.8 Å². The van der Waals surface area contributed by atoms with E-state index in [4.69, 9.17) is 9.47 Å². The number of rotatable bonds is 4. The molecule has 3 aliphatic rings. The zero-order valence-electron chi connectivity index (χ0n) is 17.6. The van der Waals surface area contributed by atoms with Crippen LogP contribution in [0.15, 0.2) is 78.6 Å². The minimum absolute atomic E-state index is 0.229. The number of ether oxygens (including phenoxy) is 2. The van der Waals surface area contributed by atoms with Gasteiger partial charge in [0, 0.05) is 31.3 Å². The molecule has 0 N–H and O–H groups in total. The van der Waals surface area contributed by atoms with Gasteiger partial charge in [-0.05, 0) is 36.1 Å². The van der Waals surface area contributed by atoms with Crippen LogP contribution in [0.1, 0.15) is 42.7 Å². The lowest BCUT2D eigenvalue weighted by atomic mass is 9.69. The number of morpholine rings is 1. The van der Waals surface area contributed by atoms with Crippen molar-refractivity contribution in [2.45, 2.75) is 37.3 Å². The molecule has 30 heavy (non-hydrogen) atoms. The molecule has 0 unspecified atom stereocenters. The third kappa shape index (κ3) is 3.84. The number of benzene rings is 2.